The summed E-state index contributed by atoms with van der Waals surface area (Å²) in [6.07, 6.45) is -0.537. The molecule has 4 aromatic rings. The number of para-hydroxylation sites is 1. The molecule has 8 nitrogen and oxygen atoms in total. The van der Waals surface area contributed by atoms with Crippen molar-refractivity contribution in [1.29, 1.82) is 0 Å². The molecule has 0 aromatic heterocycles. The van der Waals surface area contributed by atoms with Gasteiger partial charge >= 0.3 is 6.09 Å². The molecule has 6 rings (SSSR count). The maximum absolute atomic E-state index is 13.5. The van der Waals surface area contributed by atoms with Crippen molar-refractivity contribution in [1.82, 2.24) is 10.6 Å². The van der Waals surface area contributed by atoms with Gasteiger partial charge < -0.3 is 25.4 Å². The highest BCUT2D eigenvalue weighted by Gasteiger charge is 2.30. The number of fused-ring (bicyclic) bond motifs is 5. The van der Waals surface area contributed by atoms with Crippen molar-refractivity contribution in [3.63, 3.8) is 0 Å². The fourth-order valence-corrected chi connectivity index (χ4v) is 5.73. The summed E-state index contributed by atoms with van der Waals surface area (Å²) < 4.78 is 5.64. The van der Waals surface area contributed by atoms with Gasteiger partial charge in [-0.2, -0.15) is 0 Å². The van der Waals surface area contributed by atoms with E-state index in [0.29, 0.717) is 12.1 Å². The van der Waals surface area contributed by atoms with Crippen molar-refractivity contribution in [3.05, 3.63) is 124 Å². The van der Waals surface area contributed by atoms with Gasteiger partial charge in [0, 0.05) is 45.0 Å². The largest absolute Gasteiger partial charge is 0.449 e. The first-order valence-electron chi connectivity index (χ1n) is 14.6. The molecule has 44 heavy (non-hydrogen) atoms. The first-order valence-corrected chi connectivity index (χ1v) is 14.6. The Balaban J connectivity index is 0.00000240. The van der Waals surface area contributed by atoms with E-state index < -0.39 is 6.09 Å². The van der Waals surface area contributed by atoms with E-state index >= 15 is 0 Å². The average molecular weight is 590 g/mol. The number of nitrogens with zero attached hydrogens (tertiary/aromatic N) is 1. The number of hydrogen-bond acceptors (Lipinski definition) is 5. The number of rotatable bonds is 8. The van der Waals surface area contributed by atoms with E-state index in [4.69, 9.17) is 9.84 Å². The average Bonchev–Trinajstić information content (AvgIpc) is 3.36. The summed E-state index contributed by atoms with van der Waals surface area (Å²) in [5, 5.41) is 14.5. The predicted molar refractivity (Wildman–Crippen MR) is 171 cm³/mol. The summed E-state index contributed by atoms with van der Waals surface area (Å²) in [5.74, 6) is 5.74. The van der Waals surface area contributed by atoms with Gasteiger partial charge in [-0.05, 0) is 58.1 Å². The lowest BCUT2D eigenvalue weighted by Crippen LogP contribution is -2.35. The first kappa shape index (κ1) is 28.7. The van der Waals surface area contributed by atoms with Crippen LogP contribution in [0.25, 0.3) is 11.1 Å². The molecule has 0 radical (unpaired) electrons. The minimum Gasteiger partial charge on any atom is -0.449 e. The number of hydrogen-bond donors (Lipinski definition) is 3. The number of alkyl carbamates (subject to hydrolysis) is 1. The minimum atomic E-state index is -0.621. The molecule has 1 aliphatic carbocycles. The Morgan fingerprint density at radius 3 is 2.43 bits per heavy atom. The molecule has 3 amide bonds. The van der Waals surface area contributed by atoms with E-state index in [1.54, 1.807) is 11.0 Å². The van der Waals surface area contributed by atoms with Crippen molar-refractivity contribution in [3.8, 4) is 23.0 Å². The fraction of sp³-hybridized carbons (Fsp3) is 0.194. The Morgan fingerprint density at radius 1 is 0.841 bits per heavy atom. The van der Waals surface area contributed by atoms with Gasteiger partial charge in [-0.25, -0.2) is 4.79 Å². The Morgan fingerprint density at radius 2 is 1.57 bits per heavy atom. The lowest BCUT2D eigenvalue weighted by atomic mass is 9.96. The molecule has 1 aliphatic heterocycles. The van der Waals surface area contributed by atoms with Crippen LogP contribution in [-0.4, -0.2) is 49.3 Å². The maximum Gasteiger partial charge on any atom is 0.407 e. The zero-order chi connectivity index (χ0) is 30.5. The van der Waals surface area contributed by atoms with Gasteiger partial charge in [-0.3, -0.25) is 9.59 Å². The number of ether oxygens (including phenoxy) is 1. The van der Waals surface area contributed by atoms with Crippen LogP contribution in [0.3, 0.4) is 0 Å². The molecule has 0 fully saturated rings. The normalized spacial score (nSPS) is 13.9. The summed E-state index contributed by atoms with van der Waals surface area (Å²) in [6, 6.07) is 28.7. The highest BCUT2D eigenvalue weighted by atomic mass is 16.5. The first-order chi connectivity index (χ1) is 21.5. The molecule has 0 bridgehead atoms. The quantitative estimate of drug-likeness (QED) is 0.249. The van der Waals surface area contributed by atoms with E-state index in [0.717, 1.165) is 44.6 Å². The molecule has 2 aliphatic rings. The lowest BCUT2D eigenvalue weighted by Gasteiger charge is -2.26. The number of carbonyl (C=O) groups is 3. The molecule has 0 spiro atoms. The van der Waals surface area contributed by atoms with E-state index in [1.165, 1.54) is 0 Å². The van der Waals surface area contributed by atoms with Crippen molar-refractivity contribution >= 4 is 23.6 Å². The third-order valence-electron chi connectivity index (χ3n) is 7.88. The zero-order valence-electron chi connectivity index (χ0n) is 24.0. The van der Waals surface area contributed by atoms with Gasteiger partial charge in [0.2, 0.25) is 5.91 Å². The molecule has 1 unspecified atom stereocenters. The van der Waals surface area contributed by atoms with E-state index in [-0.39, 0.29) is 53.3 Å². The van der Waals surface area contributed by atoms with E-state index in [9.17, 15) is 14.4 Å². The molecule has 0 saturated carbocycles. The smallest absolute Gasteiger partial charge is 0.407 e. The summed E-state index contributed by atoms with van der Waals surface area (Å²) in [5.41, 5.74) is 7.75. The fourth-order valence-electron chi connectivity index (χ4n) is 5.73. The van der Waals surface area contributed by atoms with Crippen molar-refractivity contribution in [2.24, 2.45) is 0 Å². The number of benzene rings is 4. The van der Waals surface area contributed by atoms with Gasteiger partial charge in [-0.15, -0.1) is 0 Å². The monoisotopic (exact) mass is 589 g/mol. The summed E-state index contributed by atoms with van der Waals surface area (Å²) in [4.78, 5) is 40.5. The minimum absolute atomic E-state index is 0. The molecule has 4 aromatic carbocycles. The molecule has 1 heterocycles. The van der Waals surface area contributed by atoms with Crippen molar-refractivity contribution in [2.45, 2.75) is 18.9 Å². The third-order valence-corrected chi connectivity index (χ3v) is 7.88. The maximum atomic E-state index is 13.5. The van der Waals surface area contributed by atoms with Crippen LogP contribution in [-0.2, 0) is 16.1 Å². The number of nitrogens with one attached hydrogen (secondary N) is 2. The molecule has 224 valence electrons. The number of carbonyl (C=O) groups excluding carboxylic acids is 3. The molecular weight excluding hydrogens is 554 g/mol. The van der Waals surface area contributed by atoms with Crippen LogP contribution in [0.2, 0.25) is 0 Å². The van der Waals surface area contributed by atoms with Crippen LogP contribution in [0, 0.1) is 11.8 Å². The summed E-state index contributed by atoms with van der Waals surface area (Å²) in [7, 11) is 0. The van der Waals surface area contributed by atoms with Crippen LogP contribution < -0.4 is 15.5 Å². The Kier molecular flexibility index (Phi) is 8.39. The van der Waals surface area contributed by atoms with Gasteiger partial charge in [0.25, 0.3) is 5.91 Å². The second-order valence-electron chi connectivity index (χ2n) is 10.6. The van der Waals surface area contributed by atoms with Crippen LogP contribution in [0.1, 0.15) is 53.4 Å². The SMILES string of the molecule is O=C(NCCC(=O)N1Cc2ccccc2C#Cc2ccccc21)OCC1c2ccccc2-c2ccc(C(=O)NCCO)cc21.[HH].[HH]. The second kappa shape index (κ2) is 12.9. The number of aliphatic hydroxyl groups excluding tert-OH is 1. The standard InChI is InChI=1S/C36H31N3O5.2H2/c40-20-19-37-35(42)26-15-16-30-28-10-4-5-11-29(28)32(31(30)21-26)23-44-36(43)38-18-17-34(41)39-22-27-9-2-1-7-24(27)13-14-25-8-3-6-12-33(25)39;;/h1-12,15-16,21,32,40H,17-20,22-23H2,(H,37,42)(H,38,43);2*1H. The second-order valence-corrected chi connectivity index (χ2v) is 10.6. The number of aliphatic hydroxyl groups is 1. The van der Waals surface area contributed by atoms with Crippen LogP contribution in [0.5, 0.6) is 0 Å². The summed E-state index contributed by atoms with van der Waals surface area (Å²) in [6.45, 7) is 0.576. The Bertz CT molecular complexity index is 1820. The molecule has 3 N–H and O–H groups in total. The summed E-state index contributed by atoms with van der Waals surface area (Å²) >= 11 is 0. The molecule has 1 atom stereocenters. The van der Waals surface area contributed by atoms with Gasteiger partial charge in [0.15, 0.2) is 0 Å². The van der Waals surface area contributed by atoms with Crippen molar-refractivity contribution < 1.29 is 27.1 Å². The molecule has 8 heteroatoms. The predicted octanol–water partition coefficient (Wildman–Crippen LogP) is 5.08. The van der Waals surface area contributed by atoms with Gasteiger partial charge in [0.05, 0.1) is 18.8 Å². The van der Waals surface area contributed by atoms with E-state index in [1.807, 2.05) is 84.9 Å². The lowest BCUT2D eigenvalue weighted by molar-refractivity contribution is -0.118. The van der Waals surface area contributed by atoms with Gasteiger partial charge in [-0.1, -0.05) is 72.5 Å². The van der Waals surface area contributed by atoms with Gasteiger partial charge in [0.1, 0.15) is 6.61 Å². The number of anilines is 1. The van der Waals surface area contributed by atoms with Crippen LogP contribution in [0.15, 0.2) is 91.0 Å². The molecular formula is C36H35N3O5. The molecule has 0 saturated heterocycles. The van der Waals surface area contributed by atoms with Crippen LogP contribution >= 0.6 is 0 Å². The Labute approximate surface area is 258 Å². The third kappa shape index (κ3) is 5.91. The van der Waals surface area contributed by atoms with Crippen molar-refractivity contribution in [2.75, 3.05) is 31.2 Å². The highest BCUT2D eigenvalue weighted by Crippen LogP contribution is 2.45. The topological polar surface area (TPSA) is 108 Å². The number of amides is 3. The highest BCUT2D eigenvalue weighted by molar-refractivity contribution is 5.96. The Hall–Kier alpha value is -5.39. The van der Waals surface area contributed by atoms with Crippen LogP contribution in [0.4, 0.5) is 10.5 Å². The van der Waals surface area contributed by atoms with E-state index in [2.05, 4.69) is 22.5 Å². The zero-order valence-corrected chi connectivity index (χ0v) is 24.0.